The minimum atomic E-state index is -0.996. The van der Waals surface area contributed by atoms with Crippen molar-refractivity contribution in [2.75, 3.05) is 20.1 Å². The number of carboxylic acid groups (broad SMARTS) is 1. The van der Waals surface area contributed by atoms with Crippen molar-refractivity contribution in [2.45, 2.75) is 19.4 Å². The van der Waals surface area contributed by atoms with Crippen molar-refractivity contribution in [3.05, 3.63) is 34.9 Å². The van der Waals surface area contributed by atoms with Crippen LogP contribution in [0.1, 0.15) is 22.6 Å². The lowest BCUT2D eigenvalue weighted by Gasteiger charge is -2.29. The number of aliphatic carboxylic acids is 1. The number of amides is 1. The first kappa shape index (κ1) is 13.5. The molecule has 102 valence electrons. The highest BCUT2D eigenvalue weighted by Gasteiger charge is 2.29. The first-order chi connectivity index (χ1) is 9.00. The van der Waals surface area contributed by atoms with Gasteiger partial charge in [-0.05, 0) is 23.6 Å². The number of hydrogen-bond donors (Lipinski definition) is 2. The molecular formula is C14H18N2O3. The predicted molar refractivity (Wildman–Crippen MR) is 70.9 cm³/mol. The Kier molecular flexibility index (Phi) is 3.85. The number of carbonyl (C=O) groups is 2. The third-order valence-electron chi connectivity index (χ3n) is 3.52. The molecule has 1 heterocycles. The normalized spacial score (nSPS) is 17.7. The summed E-state index contributed by atoms with van der Waals surface area (Å²) in [4.78, 5) is 24.3. The van der Waals surface area contributed by atoms with E-state index in [2.05, 4.69) is 5.32 Å². The number of fused-ring (bicyclic) bond motifs is 1. The summed E-state index contributed by atoms with van der Waals surface area (Å²) >= 11 is 0. The van der Waals surface area contributed by atoms with E-state index < -0.39 is 5.97 Å². The third-order valence-corrected chi connectivity index (χ3v) is 3.52. The van der Waals surface area contributed by atoms with E-state index in [0.29, 0.717) is 6.54 Å². The molecule has 1 aromatic carbocycles. The van der Waals surface area contributed by atoms with Gasteiger partial charge < -0.3 is 15.3 Å². The molecule has 0 aliphatic carbocycles. The summed E-state index contributed by atoms with van der Waals surface area (Å²) in [6.07, 6.45) is 0. The molecule has 2 N–H and O–H groups in total. The highest BCUT2D eigenvalue weighted by molar-refractivity contribution is 5.87. The monoisotopic (exact) mass is 262 g/mol. The standard InChI is InChI=1S/C14H18N2O3/c1-9-4-3-5-10-11(9)6-15-7-12(10)14(19)16(2)8-13(17)18/h3-5,12,15H,6-8H2,1-2H3,(H,17,18). The first-order valence-electron chi connectivity index (χ1n) is 6.26. The molecule has 5 heteroatoms. The summed E-state index contributed by atoms with van der Waals surface area (Å²) in [6.45, 7) is 3.07. The molecular weight excluding hydrogens is 244 g/mol. The van der Waals surface area contributed by atoms with E-state index in [1.807, 2.05) is 25.1 Å². The van der Waals surface area contributed by atoms with Gasteiger partial charge in [0.2, 0.25) is 5.91 Å². The van der Waals surface area contributed by atoms with Crippen LogP contribution in [-0.2, 0) is 16.1 Å². The molecule has 1 unspecified atom stereocenters. The van der Waals surface area contributed by atoms with Gasteiger partial charge in [-0.1, -0.05) is 18.2 Å². The zero-order valence-electron chi connectivity index (χ0n) is 11.1. The predicted octanol–water partition coefficient (Wildman–Crippen LogP) is 0.725. The second-order valence-electron chi connectivity index (χ2n) is 4.91. The number of nitrogens with zero attached hydrogens (tertiary/aromatic N) is 1. The number of nitrogens with one attached hydrogen (secondary N) is 1. The number of benzene rings is 1. The maximum absolute atomic E-state index is 12.3. The summed E-state index contributed by atoms with van der Waals surface area (Å²) < 4.78 is 0. The van der Waals surface area contributed by atoms with Crippen molar-refractivity contribution in [3.8, 4) is 0 Å². The van der Waals surface area contributed by atoms with Gasteiger partial charge in [0.1, 0.15) is 6.54 Å². The van der Waals surface area contributed by atoms with Gasteiger partial charge in [0.05, 0.1) is 5.92 Å². The van der Waals surface area contributed by atoms with Crippen molar-refractivity contribution in [1.82, 2.24) is 10.2 Å². The highest BCUT2D eigenvalue weighted by atomic mass is 16.4. The number of aryl methyl sites for hydroxylation is 1. The molecule has 0 saturated carbocycles. The maximum Gasteiger partial charge on any atom is 0.323 e. The molecule has 5 nitrogen and oxygen atoms in total. The summed E-state index contributed by atoms with van der Waals surface area (Å²) in [5.41, 5.74) is 3.32. The summed E-state index contributed by atoms with van der Waals surface area (Å²) in [5, 5.41) is 12.0. The van der Waals surface area contributed by atoms with Crippen LogP contribution in [0.3, 0.4) is 0 Å². The summed E-state index contributed by atoms with van der Waals surface area (Å²) in [5.74, 6) is -1.45. The van der Waals surface area contributed by atoms with E-state index in [4.69, 9.17) is 5.11 Å². The SMILES string of the molecule is Cc1cccc2c1CNCC2C(=O)N(C)CC(=O)O. The molecule has 1 aliphatic rings. The van der Waals surface area contributed by atoms with E-state index in [-0.39, 0.29) is 18.4 Å². The van der Waals surface area contributed by atoms with Crippen molar-refractivity contribution in [1.29, 1.82) is 0 Å². The molecule has 0 aromatic heterocycles. The van der Waals surface area contributed by atoms with Crippen molar-refractivity contribution in [3.63, 3.8) is 0 Å². The minimum Gasteiger partial charge on any atom is -0.480 e. The van der Waals surface area contributed by atoms with Gasteiger partial charge in [-0.3, -0.25) is 9.59 Å². The van der Waals surface area contributed by atoms with E-state index in [1.54, 1.807) is 0 Å². The van der Waals surface area contributed by atoms with Crippen LogP contribution in [0, 0.1) is 6.92 Å². The van der Waals surface area contributed by atoms with Crippen molar-refractivity contribution >= 4 is 11.9 Å². The Morgan fingerprint density at radius 1 is 1.47 bits per heavy atom. The number of likely N-dealkylation sites (N-methyl/N-ethyl adjacent to an activating group) is 1. The molecule has 1 aliphatic heterocycles. The zero-order chi connectivity index (χ0) is 14.0. The molecule has 0 spiro atoms. The average Bonchev–Trinajstić information content (AvgIpc) is 2.37. The Bertz CT molecular complexity index is 513. The van der Waals surface area contributed by atoms with Gasteiger partial charge in [0.15, 0.2) is 0 Å². The summed E-state index contributed by atoms with van der Waals surface area (Å²) in [7, 11) is 1.53. The van der Waals surface area contributed by atoms with Crippen LogP contribution in [0.5, 0.6) is 0 Å². The lowest BCUT2D eigenvalue weighted by Crippen LogP contribution is -2.41. The Morgan fingerprint density at radius 2 is 2.21 bits per heavy atom. The third kappa shape index (κ3) is 2.76. The van der Waals surface area contributed by atoms with Crippen LogP contribution < -0.4 is 5.32 Å². The second kappa shape index (κ2) is 5.40. The Labute approximate surface area is 112 Å². The first-order valence-corrected chi connectivity index (χ1v) is 6.26. The second-order valence-corrected chi connectivity index (χ2v) is 4.91. The molecule has 0 fully saturated rings. The van der Waals surface area contributed by atoms with Gasteiger partial charge in [-0.25, -0.2) is 0 Å². The number of hydrogen-bond acceptors (Lipinski definition) is 3. The molecule has 1 amide bonds. The fraction of sp³-hybridized carbons (Fsp3) is 0.429. The smallest absolute Gasteiger partial charge is 0.323 e. The van der Waals surface area contributed by atoms with E-state index in [9.17, 15) is 9.59 Å². The summed E-state index contributed by atoms with van der Waals surface area (Å²) in [6, 6.07) is 5.92. The Hall–Kier alpha value is -1.88. The van der Waals surface area contributed by atoms with Crippen LogP contribution in [0.25, 0.3) is 0 Å². The molecule has 19 heavy (non-hydrogen) atoms. The maximum atomic E-state index is 12.3. The fourth-order valence-electron chi connectivity index (χ4n) is 2.51. The molecule has 0 bridgehead atoms. The van der Waals surface area contributed by atoms with Crippen LogP contribution in [0.2, 0.25) is 0 Å². The van der Waals surface area contributed by atoms with Gasteiger partial charge >= 0.3 is 5.97 Å². The molecule has 1 atom stereocenters. The lowest BCUT2D eigenvalue weighted by atomic mass is 9.87. The van der Waals surface area contributed by atoms with Crippen LogP contribution in [0.15, 0.2) is 18.2 Å². The molecule has 1 aromatic rings. The highest BCUT2D eigenvalue weighted by Crippen LogP contribution is 2.27. The quantitative estimate of drug-likeness (QED) is 0.842. The topological polar surface area (TPSA) is 69.6 Å². The lowest BCUT2D eigenvalue weighted by molar-refractivity contribution is -0.144. The Morgan fingerprint density at radius 3 is 2.89 bits per heavy atom. The molecule has 0 radical (unpaired) electrons. The number of rotatable bonds is 3. The largest absolute Gasteiger partial charge is 0.480 e. The van der Waals surface area contributed by atoms with Gasteiger partial charge in [-0.15, -0.1) is 0 Å². The van der Waals surface area contributed by atoms with Crippen molar-refractivity contribution < 1.29 is 14.7 Å². The average molecular weight is 262 g/mol. The number of carbonyl (C=O) groups excluding carboxylic acids is 1. The van der Waals surface area contributed by atoms with Crippen LogP contribution in [0.4, 0.5) is 0 Å². The fourth-order valence-corrected chi connectivity index (χ4v) is 2.51. The molecule has 0 saturated heterocycles. The number of carboxylic acids is 1. The zero-order valence-corrected chi connectivity index (χ0v) is 11.1. The minimum absolute atomic E-state index is 0.151. The van der Waals surface area contributed by atoms with Crippen molar-refractivity contribution in [2.24, 2.45) is 0 Å². The molecule has 2 rings (SSSR count). The van der Waals surface area contributed by atoms with Gasteiger partial charge in [0, 0.05) is 20.1 Å². The van der Waals surface area contributed by atoms with E-state index in [1.165, 1.54) is 11.9 Å². The van der Waals surface area contributed by atoms with E-state index >= 15 is 0 Å². The van der Waals surface area contributed by atoms with Gasteiger partial charge in [-0.2, -0.15) is 0 Å². The van der Waals surface area contributed by atoms with Crippen LogP contribution >= 0.6 is 0 Å². The van der Waals surface area contributed by atoms with E-state index in [0.717, 1.165) is 23.2 Å². The van der Waals surface area contributed by atoms with Crippen LogP contribution in [-0.4, -0.2) is 42.0 Å². The van der Waals surface area contributed by atoms with Gasteiger partial charge in [0.25, 0.3) is 0 Å². The Balaban J connectivity index is 2.26.